The summed E-state index contributed by atoms with van der Waals surface area (Å²) in [6.07, 6.45) is 3.97. The van der Waals surface area contributed by atoms with Crippen molar-refractivity contribution in [1.82, 2.24) is 0 Å². The molecule has 0 aromatic heterocycles. The maximum Gasteiger partial charge on any atom is 0.0647 e. The Morgan fingerprint density at radius 3 is 2.33 bits per heavy atom. The average Bonchev–Trinajstić information content (AvgIpc) is 1.94. The summed E-state index contributed by atoms with van der Waals surface area (Å²) < 4.78 is 4.99. The summed E-state index contributed by atoms with van der Waals surface area (Å²) in [5.74, 6) is 0. The van der Waals surface area contributed by atoms with Gasteiger partial charge in [-0.05, 0) is 13.8 Å². The van der Waals surface area contributed by atoms with Crippen molar-refractivity contribution in [3.8, 4) is 0 Å². The van der Waals surface area contributed by atoms with E-state index in [0.29, 0.717) is 0 Å². The first kappa shape index (κ1) is 11.3. The quantitative estimate of drug-likeness (QED) is 0.419. The molecule has 9 heavy (non-hydrogen) atoms. The molecule has 0 N–H and O–H groups in total. The van der Waals surface area contributed by atoms with Gasteiger partial charge >= 0.3 is 0 Å². The number of allylic oxidation sites excluding steroid dienone is 1. The smallest absolute Gasteiger partial charge is 0.0647 e. The van der Waals surface area contributed by atoms with Crippen LogP contribution in [0.5, 0.6) is 0 Å². The monoisotopic (exact) mass is 128 g/mol. The lowest BCUT2D eigenvalue weighted by Gasteiger charge is -1.89. The Balaban J connectivity index is 0. The van der Waals surface area contributed by atoms with Crippen molar-refractivity contribution in [2.45, 2.75) is 13.8 Å². The summed E-state index contributed by atoms with van der Waals surface area (Å²) in [5.41, 5.74) is 0. The molecule has 0 saturated heterocycles. The maximum atomic E-state index is 4.99. The third kappa shape index (κ3) is 18.6. The van der Waals surface area contributed by atoms with Gasteiger partial charge in [-0.1, -0.05) is 12.2 Å². The zero-order valence-electron chi connectivity index (χ0n) is 6.39. The predicted molar refractivity (Wildman–Crippen MR) is 42.6 cm³/mol. The predicted octanol–water partition coefficient (Wildman–Crippen LogP) is 2.40. The fraction of sp³-hybridized carbons (Fsp3) is 0.500. The van der Waals surface area contributed by atoms with Crippen molar-refractivity contribution in [3.05, 3.63) is 25.3 Å². The van der Waals surface area contributed by atoms with Crippen molar-refractivity contribution < 1.29 is 4.74 Å². The van der Waals surface area contributed by atoms with Gasteiger partial charge in [-0.3, -0.25) is 0 Å². The van der Waals surface area contributed by atoms with E-state index in [-0.39, 0.29) is 0 Å². The van der Waals surface area contributed by atoms with Crippen LogP contribution in [0.1, 0.15) is 13.8 Å². The Morgan fingerprint density at radius 1 is 1.44 bits per heavy atom. The van der Waals surface area contributed by atoms with E-state index in [0.717, 1.165) is 13.2 Å². The molecule has 0 bridgehead atoms. The standard InChI is InChI=1S/C6H12O.C2H4/c1-3-5-6-7-4-2;1-2/h3,5H,4,6H2,1-2H3;1-2H2. The number of hydrogen-bond acceptors (Lipinski definition) is 1. The lowest BCUT2D eigenvalue weighted by atomic mass is 10.5. The van der Waals surface area contributed by atoms with Crippen molar-refractivity contribution in [3.63, 3.8) is 0 Å². The maximum absolute atomic E-state index is 4.99. The molecular formula is C8H16O. The van der Waals surface area contributed by atoms with Crippen LogP contribution in [0.25, 0.3) is 0 Å². The summed E-state index contributed by atoms with van der Waals surface area (Å²) in [6.45, 7) is 11.5. The molecule has 0 aliphatic rings. The second kappa shape index (κ2) is 15.7. The molecule has 1 nitrogen and oxygen atoms in total. The minimum Gasteiger partial charge on any atom is -0.378 e. The van der Waals surface area contributed by atoms with Crippen molar-refractivity contribution in [2.24, 2.45) is 0 Å². The van der Waals surface area contributed by atoms with Crippen molar-refractivity contribution in [1.29, 1.82) is 0 Å². The first-order valence-electron chi connectivity index (χ1n) is 3.10. The minimum atomic E-state index is 0.757. The van der Waals surface area contributed by atoms with Crippen LogP contribution in [0.2, 0.25) is 0 Å². The van der Waals surface area contributed by atoms with Gasteiger partial charge in [0.25, 0.3) is 0 Å². The molecule has 0 rings (SSSR count). The molecule has 0 spiro atoms. The van der Waals surface area contributed by atoms with Crippen LogP contribution in [0.4, 0.5) is 0 Å². The fourth-order valence-corrected chi connectivity index (χ4v) is 0.282. The van der Waals surface area contributed by atoms with Crippen LogP contribution in [0.3, 0.4) is 0 Å². The van der Waals surface area contributed by atoms with Gasteiger partial charge in [-0.15, -0.1) is 13.2 Å². The van der Waals surface area contributed by atoms with Crippen LogP contribution in [0.15, 0.2) is 25.3 Å². The molecule has 0 heterocycles. The molecule has 1 heteroatoms. The largest absolute Gasteiger partial charge is 0.378 e. The highest BCUT2D eigenvalue weighted by molar-refractivity contribution is 4.75. The zero-order chi connectivity index (χ0) is 7.54. The molecule has 0 atom stereocenters. The summed E-state index contributed by atoms with van der Waals surface area (Å²) in [6, 6.07) is 0. The normalized spacial score (nSPS) is 8.67. The second-order valence-corrected chi connectivity index (χ2v) is 1.23. The number of hydrogen-bond donors (Lipinski definition) is 0. The number of rotatable bonds is 3. The van der Waals surface area contributed by atoms with Crippen LogP contribution in [-0.4, -0.2) is 13.2 Å². The molecule has 0 unspecified atom stereocenters. The Hall–Kier alpha value is -0.560. The second-order valence-electron chi connectivity index (χ2n) is 1.23. The lowest BCUT2D eigenvalue weighted by molar-refractivity contribution is 0.177. The molecule has 0 radical (unpaired) electrons. The van der Waals surface area contributed by atoms with Crippen molar-refractivity contribution >= 4 is 0 Å². The highest BCUT2D eigenvalue weighted by atomic mass is 16.5. The third-order valence-corrected chi connectivity index (χ3v) is 0.654. The molecule has 0 amide bonds. The van der Waals surface area contributed by atoms with Gasteiger partial charge in [0.15, 0.2) is 0 Å². The number of ether oxygens (including phenoxy) is 1. The van der Waals surface area contributed by atoms with E-state index in [2.05, 4.69) is 13.2 Å². The van der Waals surface area contributed by atoms with Gasteiger partial charge in [-0.25, -0.2) is 0 Å². The summed E-state index contributed by atoms with van der Waals surface area (Å²) in [4.78, 5) is 0. The van der Waals surface area contributed by atoms with Gasteiger partial charge in [0.1, 0.15) is 0 Å². The van der Waals surface area contributed by atoms with Crippen molar-refractivity contribution in [2.75, 3.05) is 13.2 Å². The SMILES string of the molecule is C=C.CC=CCOCC. The van der Waals surface area contributed by atoms with Crippen LogP contribution < -0.4 is 0 Å². The van der Waals surface area contributed by atoms with E-state index in [1.54, 1.807) is 0 Å². The van der Waals surface area contributed by atoms with Crippen LogP contribution in [-0.2, 0) is 4.74 Å². The van der Waals surface area contributed by atoms with E-state index in [4.69, 9.17) is 4.74 Å². The zero-order valence-corrected chi connectivity index (χ0v) is 6.39. The van der Waals surface area contributed by atoms with E-state index in [9.17, 15) is 0 Å². The molecular weight excluding hydrogens is 112 g/mol. The molecule has 0 aliphatic heterocycles. The molecule has 0 saturated carbocycles. The first-order chi connectivity index (χ1) is 4.41. The molecule has 0 fully saturated rings. The van der Waals surface area contributed by atoms with Gasteiger partial charge in [0.05, 0.1) is 6.61 Å². The Labute approximate surface area is 58.0 Å². The third-order valence-electron chi connectivity index (χ3n) is 0.654. The summed E-state index contributed by atoms with van der Waals surface area (Å²) in [7, 11) is 0. The van der Waals surface area contributed by atoms with E-state index in [1.165, 1.54) is 0 Å². The van der Waals surface area contributed by atoms with Gasteiger partial charge in [-0.2, -0.15) is 0 Å². The van der Waals surface area contributed by atoms with Crippen LogP contribution >= 0.6 is 0 Å². The average molecular weight is 128 g/mol. The Bertz CT molecular complexity index is 57.6. The summed E-state index contributed by atoms with van der Waals surface area (Å²) in [5, 5.41) is 0. The first-order valence-corrected chi connectivity index (χ1v) is 3.10. The van der Waals surface area contributed by atoms with E-state index in [1.807, 2.05) is 26.0 Å². The Morgan fingerprint density at radius 2 is 2.00 bits per heavy atom. The fourth-order valence-electron chi connectivity index (χ4n) is 0.282. The van der Waals surface area contributed by atoms with Gasteiger partial charge in [0.2, 0.25) is 0 Å². The molecule has 0 aliphatic carbocycles. The summed E-state index contributed by atoms with van der Waals surface area (Å²) >= 11 is 0. The van der Waals surface area contributed by atoms with E-state index >= 15 is 0 Å². The topological polar surface area (TPSA) is 9.23 Å². The highest BCUT2D eigenvalue weighted by Gasteiger charge is 1.69. The van der Waals surface area contributed by atoms with Gasteiger partial charge < -0.3 is 4.74 Å². The van der Waals surface area contributed by atoms with Crippen LogP contribution in [0, 0.1) is 0 Å². The molecule has 0 aromatic rings. The minimum absolute atomic E-state index is 0.757. The lowest BCUT2D eigenvalue weighted by Crippen LogP contribution is -1.86. The van der Waals surface area contributed by atoms with E-state index < -0.39 is 0 Å². The molecule has 54 valence electrons. The Kier molecular flexibility index (Phi) is 19.6. The molecule has 0 aromatic carbocycles. The highest BCUT2D eigenvalue weighted by Crippen LogP contribution is 1.73. The van der Waals surface area contributed by atoms with Gasteiger partial charge in [0, 0.05) is 6.61 Å².